The van der Waals surface area contributed by atoms with Gasteiger partial charge in [-0.3, -0.25) is 4.79 Å². The van der Waals surface area contributed by atoms with Crippen molar-refractivity contribution in [3.63, 3.8) is 0 Å². The highest BCUT2D eigenvalue weighted by Crippen LogP contribution is 2.20. The van der Waals surface area contributed by atoms with Crippen LogP contribution < -0.4 is 11.1 Å². The van der Waals surface area contributed by atoms with Crippen LogP contribution in [0, 0.1) is 0 Å². The fraction of sp³-hybridized carbons (Fsp3) is 0.500. The zero-order valence-electron chi connectivity index (χ0n) is 11.4. The lowest BCUT2D eigenvalue weighted by Crippen LogP contribution is -2.47. The van der Waals surface area contributed by atoms with Gasteiger partial charge in [0, 0.05) is 13.7 Å². The predicted octanol–water partition coefficient (Wildman–Crippen LogP) is 0.374. The fourth-order valence-electron chi connectivity index (χ4n) is 1.84. The summed E-state index contributed by atoms with van der Waals surface area (Å²) in [6.45, 7) is 1.89. The molecule has 0 aliphatic carbocycles. The summed E-state index contributed by atoms with van der Waals surface area (Å²) in [6, 6.07) is 9.36. The van der Waals surface area contributed by atoms with E-state index in [4.69, 9.17) is 10.5 Å². The molecule has 1 amide bonds. The summed E-state index contributed by atoms with van der Waals surface area (Å²) >= 11 is 0. The van der Waals surface area contributed by atoms with Gasteiger partial charge in [-0.1, -0.05) is 30.3 Å². The summed E-state index contributed by atoms with van der Waals surface area (Å²) < 4.78 is 5.08. The maximum atomic E-state index is 12.0. The quantitative estimate of drug-likeness (QED) is 0.666. The molecule has 0 fully saturated rings. The Morgan fingerprint density at radius 2 is 2.11 bits per heavy atom. The average Bonchev–Trinajstić information content (AvgIpc) is 2.45. The molecule has 2 atom stereocenters. The van der Waals surface area contributed by atoms with Gasteiger partial charge < -0.3 is 20.9 Å². The number of amides is 1. The Balaban J connectivity index is 2.74. The van der Waals surface area contributed by atoms with Crippen LogP contribution in [0.2, 0.25) is 0 Å². The first-order valence-electron chi connectivity index (χ1n) is 6.26. The molecule has 1 rings (SSSR count). The van der Waals surface area contributed by atoms with E-state index in [0.29, 0.717) is 0 Å². The highest BCUT2D eigenvalue weighted by atomic mass is 16.5. The first-order valence-corrected chi connectivity index (χ1v) is 6.26. The van der Waals surface area contributed by atoms with E-state index in [1.807, 2.05) is 30.3 Å². The number of benzene rings is 1. The Morgan fingerprint density at radius 1 is 1.47 bits per heavy atom. The standard InChI is InChI=1S/C14H22N2O3/c1-14(10-17,11-6-4-3-5-7-11)16-13(18)8-12(9-15)19-2/h3-7,12,17H,8-10,15H2,1-2H3,(H,16,18). The minimum Gasteiger partial charge on any atom is -0.394 e. The van der Waals surface area contributed by atoms with Gasteiger partial charge in [-0.2, -0.15) is 0 Å². The lowest BCUT2D eigenvalue weighted by molar-refractivity contribution is -0.125. The van der Waals surface area contributed by atoms with E-state index in [1.165, 1.54) is 7.11 Å². The number of methoxy groups -OCH3 is 1. The van der Waals surface area contributed by atoms with Crippen molar-refractivity contribution in [3.8, 4) is 0 Å². The van der Waals surface area contributed by atoms with Crippen LogP contribution in [-0.2, 0) is 15.1 Å². The number of aliphatic hydroxyl groups excluding tert-OH is 1. The summed E-state index contributed by atoms with van der Waals surface area (Å²) in [5.41, 5.74) is 5.54. The van der Waals surface area contributed by atoms with E-state index in [0.717, 1.165) is 5.56 Å². The van der Waals surface area contributed by atoms with Gasteiger partial charge in [0.2, 0.25) is 5.91 Å². The van der Waals surface area contributed by atoms with Crippen LogP contribution in [0.5, 0.6) is 0 Å². The topological polar surface area (TPSA) is 84.6 Å². The molecule has 1 aromatic rings. The summed E-state index contributed by atoms with van der Waals surface area (Å²) in [4.78, 5) is 12.0. The third-order valence-electron chi connectivity index (χ3n) is 3.15. The number of nitrogens with one attached hydrogen (secondary N) is 1. The summed E-state index contributed by atoms with van der Waals surface area (Å²) in [5, 5.41) is 12.4. The van der Waals surface area contributed by atoms with Crippen molar-refractivity contribution in [2.24, 2.45) is 5.73 Å². The van der Waals surface area contributed by atoms with Gasteiger partial charge in [-0.25, -0.2) is 0 Å². The third-order valence-corrected chi connectivity index (χ3v) is 3.15. The molecule has 0 saturated carbocycles. The van der Waals surface area contributed by atoms with Crippen LogP contribution >= 0.6 is 0 Å². The molecule has 0 saturated heterocycles. The van der Waals surface area contributed by atoms with Gasteiger partial charge in [0.1, 0.15) is 0 Å². The smallest absolute Gasteiger partial charge is 0.223 e. The second-order valence-corrected chi connectivity index (χ2v) is 4.70. The maximum absolute atomic E-state index is 12.0. The predicted molar refractivity (Wildman–Crippen MR) is 73.5 cm³/mol. The Morgan fingerprint density at radius 3 is 2.58 bits per heavy atom. The molecule has 1 aromatic carbocycles. The van der Waals surface area contributed by atoms with Gasteiger partial charge >= 0.3 is 0 Å². The molecule has 0 bridgehead atoms. The fourth-order valence-corrected chi connectivity index (χ4v) is 1.84. The number of hydrogen-bond acceptors (Lipinski definition) is 4. The van der Waals surface area contributed by atoms with Crippen molar-refractivity contribution in [2.75, 3.05) is 20.3 Å². The molecular formula is C14H22N2O3. The number of hydrogen-bond donors (Lipinski definition) is 3. The maximum Gasteiger partial charge on any atom is 0.223 e. The molecule has 2 unspecified atom stereocenters. The molecule has 19 heavy (non-hydrogen) atoms. The van der Waals surface area contributed by atoms with Crippen LogP contribution in [0.1, 0.15) is 18.9 Å². The van der Waals surface area contributed by atoms with Crippen LogP contribution in [0.3, 0.4) is 0 Å². The van der Waals surface area contributed by atoms with Crippen LogP contribution in [0.4, 0.5) is 0 Å². The van der Waals surface area contributed by atoms with Gasteiger partial charge in [-0.15, -0.1) is 0 Å². The lowest BCUT2D eigenvalue weighted by atomic mass is 9.92. The molecule has 0 aliphatic rings. The number of rotatable bonds is 7. The molecule has 0 radical (unpaired) electrons. The SMILES string of the molecule is COC(CN)CC(=O)NC(C)(CO)c1ccccc1. The van der Waals surface area contributed by atoms with Crippen molar-refractivity contribution in [3.05, 3.63) is 35.9 Å². The number of carbonyl (C=O) groups is 1. The lowest BCUT2D eigenvalue weighted by Gasteiger charge is -2.30. The van der Waals surface area contributed by atoms with Crippen LogP contribution in [-0.4, -0.2) is 37.4 Å². The van der Waals surface area contributed by atoms with Gasteiger partial charge in [-0.05, 0) is 12.5 Å². The van der Waals surface area contributed by atoms with E-state index < -0.39 is 5.54 Å². The van der Waals surface area contributed by atoms with E-state index in [2.05, 4.69) is 5.32 Å². The van der Waals surface area contributed by atoms with Crippen LogP contribution in [0.25, 0.3) is 0 Å². The van der Waals surface area contributed by atoms with E-state index in [-0.39, 0.29) is 31.6 Å². The molecule has 4 N–H and O–H groups in total. The molecule has 0 aliphatic heterocycles. The molecular weight excluding hydrogens is 244 g/mol. The van der Waals surface area contributed by atoms with Crippen molar-refractivity contribution in [2.45, 2.75) is 25.0 Å². The third kappa shape index (κ3) is 4.31. The zero-order valence-corrected chi connectivity index (χ0v) is 11.4. The van der Waals surface area contributed by atoms with Crippen molar-refractivity contribution >= 4 is 5.91 Å². The molecule has 5 nitrogen and oxygen atoms in total. The monoisotopic (exact) mass is 266 g/mol. The van der Waals surface area contributed by atoms with E-state index >= 15 is 0 Å². The Kier molecular flexibility index (Phi) is 5.95. The molecule has 0 aromatic heterocycles. The molecule has 106 valence electrons. The summed E-state index contributed by atoms with van der Waals surface area (Å²) in [7, 11) is 1.52. The molecule has 5 heteroatoms. The van der Waals surface area contributed by atoms with Crippen molar-refractivity contribution in [1.29, 1.82) is 0 Å². The van der Waals surface area contributed by atoms with Gasteiger partial charge in [0.05, 0.1) is 24.7 Å². The Bertz CT molecular complexity index is 393. The van der Waals surface area contributed by atoms with Gasteiger partial charge in [0.15, 0.2) is 0 Å². The van der Waals surface area contributed by atoms with E-state index in [9.17, 15) is 9.90 Å². The highest BCUT2D eigenvalue weighted by Gasteiger charge is 2.28. The largest absolute Gasteiger partial charge is 0.394 e. The number of ether oxygens (including phenoxy) is 1. The highest BCUT2D eigenvalue weighted by molar-refractivity contribution is 5.77. The zero-order chi connectivity index (χ0) is 14.3. The second kappa shape index (κ2) is 7.23. The first-order chi connectivity index (χ1) is 9.05. The van der Waals surface area contributed by atoms with Crippen LogP contribution in [0.15, 0.2) is 30.3 Å². The minimum absolute atomic E-state index is 0.176. The number of nitrogens with two attached hydrogens (primary N) is 1. The van der Waals surface area contributed by atoms with Crippen molar-refractivity contribution < 1.29 is 14.6 Å². The molecule has 0 spiro atoms. The summed E-state index contributed by atoms with van der Waals surface area (Å²) in [5.74, 6) is -0.197. The number of carbonyl (C=O) groups excluding carboxylic acids is 1. The minimum atomic E-state index is -0.800. The number of aliphatic hydroxyl groups is 1. The molecule has 0 heterocycles. The summed E-state index contributed by atoms with van der Waals surface area (Å²) in [6.07, 6.45) is -0.131. The van der Waals surface area contributed by atoms with E-state index in [1.54, 1.807) is 6.92 Å². The van der Waals surface area contributed by atoms with Gasteiger partial charge in [0.25, 0.3) is 0 Å². The second-order valence-electron chi connectivity index (χ2n) is 4.70. The average molecular weight is 266 g/mol. The normalized spacial score (nSPS) is 15.6. The first kappa shape index (κ1) is 15.6. The Hall–Kier alpha value is -1.43. The Labute approximate surface area is 113 Å². The van der Waals surface area contributed by atoms with Crippen molar-refractivity contribution in [1.82, 2.24) is 5.32 Å².